The molecular formula is C27H24O3. The summed E-state index contributed by atoms with van der Waals surface area (Å²) in [6, 6.07) is 26.8. The van der Waals surface area contributed by atoms with Gasteiger partial charge < -0.3 is 9.84 Å². The number of carbonyl (C=O) groups is 1. The van der Waals surface area contributed by atoms with Crippen molar-refractivity contribution in [3.8, 4) is 0 Å². The lowest BCUT2D eigenvalue weighted by Crippen LogP contribution is -2.50. The second-order valence-electron chi connectivity index (χ2n) is 7.70. The van der Waals surface area contributed by atoms with Crippen molar-refractivity contribution in [1.82, 2.24) is 0 Å². The van der Waals surface area contributed by atoms with Gasteiger partial charge in [0.15, 0.2) is 17.1 Å². The topological polar surface area (TPSA) is 46.5 Å². The molecule has 0 saturated carbocycles. The van der Waals surface area contributed by atoms with Gasteiger partial charge in [-0.15, -0.1) is 0 Å². The average molecular weight is 396 g/mol. The van der Waals surface area contributed by atoms with Gasteiger partial charge in [0, 0.05) is 11.1 Å². The van der Waals surface area contributed by atoms with Gasteiger partial charge in [-0.05, 0) is 24.0 Å². The Morgan fingerprint density at radius 1 is 0.900 bits per heavy atom. The van der Waals surface area contributed by atoms with Gasteiger partial charge >= 0.3 is 0 Å². The molecule has 0 heterocycles. The molecule has 0 fully saturated rings. The van der Waals surface area contributed by atoms with Crippen LogP contribution in [-0.2, 0) is 23.2 Å². The fraction of sp³-hybridized carbons (Fsp3) is 0.185. The number of hydrogen-bond donors (Lipinski definition) is 1. The third-order valence-electron chi connectivity index (χ3n) is 6.08. The van der Waals surface area contributed by atoms with Crippen molar-refractivity contribution in [3.63, 3.8) is 0 Å². The van der Waals surface area contributed by atoms with Crippen LogP contribution >= 0.6 is 0 Å². The van der Waals surface area contributed by atoms with Crippen LogP contribution in [0.25, 0.3) is 0 Å². The highest BCUT2D eigenvalue weighted by atomic mass is 16.5. The van der Waals surface area contributed by atoms with Crippen LogP contribution in [0.5, 0.6) is 0 Å². The van der Waals surface area contributed by atoms with E-state index < -0.39 is 11.0 Å². The van der Waals surface area contributed by atoms with Crippen molar-refractivity contribution in [2.75, 3.05) is 7.11 Å². The van der Waals surface area contributed by atoms with Crippen molar-refractivity contribution in [1.29, 1.82) is 0 Å². The highest BCUT2D eigenvalue weighted by Crippen LogP contribution is 2.57. The number of ether oxygens (including phenoxy) is 1. The summed E-state index contributed by atoms with van der Waals surface area (Å²) < 4.78 is 5.56. The summed E-state index contributed by atoms with van der Waals surface area (Å²) in [5.41, 5.74) is 2.85. The largest absolute Gasteiger partial charge is 0.490 e. The van der Waals surface area contributed by atoms with Crippen molar-refractivity contribution >= 4 is 5.78 Å². The molecule has 1 unspecified atom stereocenters. The van der Waals surface area contributed by atoms with Gasteiger partial charge in [0.25, 0.3) is 0 Å². The molecule has 0 radical (unpaired) electrons. The molecule has 1 aliphatic carbocycles. The van der Waals surface area contributed by atoms with Gasteiger partial charge in [-0.1, -0.05) is 97.2 Å². The fourth-order valence-electron chi connectivity index (χ4n) is 4.73. The summed E-state index contributed by atoms with van der Waals surface area (Å²) in [6.07, 6.45) is 0.697. The molecule has 150 valence electrons. The van der Waals surface area contributed by atoms with Crippen molar-refractivity contribution in [2.45, 2.75) is 18.4 Å². The second kappa shape index (κ2) is 7.79. The van der Waals surface area contributed by atoms with Gasteiger partial charge in [0.2, 0.25) is 0 Å². The molecule has 3 nitrogen and oxygen atoms in total. The third kappa shape index (κ3) is 2.91. The molecule has 4 rings (SSSR count). The number of Topliss-reactive ketones (excluding diaryl/α,β-unsaturated/α-hetero) is 1. The maximum Gasteiger partial charge on any atom is 0.174 e. The molecule has 0 aliphatic heterocycles. The SMILES string of the molecule is C=C=C(OC)C1(O)c2ccccc2C(=O)C1(Cc1ccccc1)Cc1ccccc1. The molecule has 1 N–H and O–H groups in total. The van der Waals surface area contributed by atoms with E-state index in [-0.39, 0.29) is 11.5 Å². The highest BCUT2D eigenvalue weighted by molar-refractivity contribution is 6.07. The number of hydrogen-bond acceptors (Lipinski definition) is 3. The Hall–Kier alpha value is -3.39. The highest BCUT2D eigenvalue weighted by Gasteiger charge is 2.65. The molecule has 0 spiro atoms. The molecule has 1 aliphatic rings. The van der Waals surface area contributed by atoms with E-state index in [9.17, 15) is 9.90 Å². The van der Waals surface area contributed by atoms with E-state index in [1.165, 1.54) is 7.11 Å². The zero-order valence-corrected chi connectivity index (χ0v) is 17.0. The minimum Gasteiger partial charge on any atom is -0.490 e. The maximum atomic E-state index is 14.0. The summed E-state index contributed by atoms with van der Waals surface area (Å²) >= 11 is 0. The average Bonchev–Trinajstić information content (AvgIpc) is 2.96. The number of fused-ring (bicyclic) bond motifs is 1. The molecule has 30 heavy (non-hydrogen) atoms. The van der Waals surface area contributed by atoms with E-state index in [1.807, 2.05) is 72.8 Å². The van der Waals surface area contributed by atoms with Crippen molar-refractivity contribution in [3.05, 3.63) is 125 Å². The third-order valence-corrected chi connectivity index (χ3v) is 6.08. The first kappa shape index (κ1) is 19.9. The van der Waals surface area contributed by atoms with Crippen LogP contribution in [0.3, 0.4) is 0 Å². The molecule has 1 atom stereocenters. The Balaban J connectivity index is 2.01. The number of ketones is 1. The quantitative estimate of drug-likeness (QED) is 0.478. The molecule has 0 amide bonds. The van der Waals surface area contributed by atoms with Crippen molar-refractivity contribution in [2.24, 2.45) is 5.41 Å². The van der Waals surface area contributed by atoms with Gasteiger partial charge in [-0.25, -0.2) is 0 Å². The smallest absolute Gasteiger partial charge is 0.174 e. The first-order valence-electron chi connectivity index (χ1n) is 9.96. The van der Waals surface area contributed by atoms with Gasteiger partial charge in [0.1, 0.15) is 0 Å². The first-order valence-corrected chi connectivity index (χ1v) is 9.96. The summed E-state index contributed by atoms with van der Waals surface area (Å²) in [5.74, 6) is 0.0609. The Bertz CT molecular complexity index is 1070. The van der Waals surface area contributed by atoms with Crippen LogP contribution in [-0.4, -0.2) is 18.0 Å². The molecular weight excluding hydrogens is 372 g/mol. The number of rotatable bonds is 6. The van der Waals surface area contributed by atoms with Crippen LogP contribution in [0, 0.1) is 5.41 Å². The molecule has 3 aromatic carbocycles. The van der Waals surface area contributed by atoms with Gasteiger partial charge in [-0.2, -0.15) is 0 Å². The number of methoxy groups -OCH3 is 1. The van der Waals surface area contributed by atoms with Crippen LogP contribution < -0.4 is 0 Å². The number of benzene rings is 3. The molecule has 0 saturated heterocycles. The molecule has 0 aromatic heterocycles. The molecule has 0 bridgehead atoms. The van der Waals surface area contributed by atoms with Crippen LogP contribution in [0.4, 0.5) is 0 Å². The maximum absolute atomic E-state index is 14.0. The van der Waals surface area contributed by atoms with E-state index in [4.69, 9.17) is 4.74 Å². The Morgan fingerprint density at radius 2 is 1.40 bits per heavy atom. The Morgan fingerprint density at radius 3 is 1.90 bits per heavy atom. The van der Waals surface area contributed by atoms with Gasteiger partial charge in [-0.3, -0.25) is 4.79 Å². The monoisotopic (exact) mass is 396 g/mol. The van der Waals surface area contributed by atoms with Gasteiger partial charge in [0.05, 0.1) is 12.5 Å². The number of carbonyl (C=O) groups excluding carboxylic acids is 1. The van der Waals surface area contributed by atoms with E-state index in [0.29, 0.717) is 24.0 Å². The van der Waals surface area contributed by atoms with Crippen LogP contribution in [0.2, 0.25) is 0 Å². The van der Waals surface area contributed by atoms with Crippen molar-refractivity contribution < 1.29 is 14.6 Å². The van der Waals surface area contributed by atoms with E-state index >= 15 is 0 Å². The fourth-order valence-corrected chi connectivity index (χ4v) is 4.73. The van der Waals surface area contributed by atoms with Crippen LogP contribution in [0.15, 0.2) is 103 Å². The number of aliphatic hydroxyl groups is 1. The summed E-state index contributed by atoms with van der Waals surface area (Å²) in [5, 5.41) is 12.3. The lowest BCUT2D eigenvalue weighted by atomic mass is 9.64. The van der Waals surface area contributed by atoms with E-state index in [0.717, 1.165) is 11.1 Å². The minimum absolute atomic E-state index is 0.0990. The van der Waals surface area contributed by atoms with E-state index in [1.54, 1.807) is 12.1 Å². The predicted molar refractivity (Wildman–Crippen MR) is 117 cm³/mol. The summed E-state index contributed by atoms with van der Waals surface area (Å²) in [4.78, 5) is 14.0. The summed E-state index contributed by atoms with van der Waals surface area (Å²) in [6.45, 7) is 3.74. The second-order valence-corrected chi connectivity index (χ2v) is 7.70. The summed E-state index contributed by atoms with van der Waals surface area (Å²) in [7, 11) is 1.48. The normalized spacial score (nSPS) is 19.1. The lowest BCUT2D eigenvalue weighted by Gasteiger charge is -2.42. The zero-order chi connectivity index (χ0) is 21.2. The minimum atomic E-state index is -1.69. The predicted octanol–water partition coefficient (Wildman–Crippen LogP) is 4.86. The molecule has 3 heteroatoms. The van der Waals surface area contributed by atoms with Crippen LogP contribution in [0.1, 0.15) is 27.0 Å². The standard InChI is InChI=1S/C27H24O3/c1-3-24(30-2)27(29)23-17-11-10-16-22(23)25(28)26(27,18-20-12-6-4-7-13-20)19-21-14-8-5-9-15-21/h4-17,29H,1,18-19H2,2H3. The Labute approximate surface area is 177 Å². The first-order chi connectivity index (χ1) is 14.6. The van der Waals surface area contributed by atoms with E-state index in [2.05, 4.69) is 12.3 Å². The zero-order valence-electron chi connectivity index (χ0n) is 17.0. The molecule has 3 aromatic rings. The Kier molecular flexibility index (Phi) is 5.17. The lowest BCUT2D eigenvalue weighted by molar-refractivity contribution is -0.0659.